The molecule has 0 saturated carbocycles. The normalized spacial score (nSPS) is 12.4. The zero-order valence-electron chi connectivity index (χ0n) is 14.1. The van der Waals surface area contributed by atoms with E-state index >= 15 is 0 Å². The second-order valence-electron chi connectivity index (χ2n) is 6.17. The fourth-order valence-electron chi connectivity index (χ4n) is 3.09. The number of quaternary nitrogens is 1. The van der Waals surface area contributed by atoms with E-state index in [1.165, 1.54) is 16.3 Å². The summed E-state index contributed by atoms with van der Waals surface area (Å²) in [4.78, 5) is 4.50. The maximum absolute atomic E-state index is 5.40. The third-order valence-corrected chi connectivity index (χ3v) is 4.46. The van der Waals surface area contributed by atoms with Crippen LogP contribution in [0.1, 0.15) is 24.4 Å². The molecule has 0 saturated heterocycles. The Morgan fingerprint density at radius 1 is 0.920 bits per heavy atom. The highest BCUT2D eigenvalue weighted by Gasteiger charge is 2.15. The van der Waals surface area contributed by atoms with Crippen LogP contribution in [-0.2, 0) is 6.54 Å². The molecule has 4 rings (SSSR count). The lowest BCUT2D eigenvalue weighted by molar-refractivity contribution is -0.709. The van der Waals surface area contributed by atoms with E-state index in [9.17, 15) is 0 Å². The molecule has 1 aromatic heterocycles. The maximum Gasteiger partial charge on any atom is 0.282 e. The highest BCUT2D eigenvalue weighted by atomic mass is 16.5. The van der Waals surface area contributed by atoms with Crippen LogP contribution in [0.25, 0.3) is 22.2 Å². The molecular weight excluding hydrogens is 310 g/mol. The van der Waals surface area contributed by atoms with Gasteiger partial charge in [-0.15, -0.1) is 0 Å². The molecule has 4 heteroatoms. The van der Waals surface area contributed by atoms with Gasteiger partial charge in [0.15, 0.2) is 6.54 Å². The van der Waals surface area contributed by atoms with E-state index in [-0.39, 0.29) is 0 Å². The first kappa shape index (κ1) is 15.5. The lowest BCUT2D eigenvalue weighted by Gasteiger charge is -2.12. The van der Waals surface area contributed by atoms with Crippen molar-refractivity contribution in [2.24, 2.45) is 0 Å². The summed E-state index contributed by atoms with van der Waals surface area (Å²) in [5, 5.41) is 8.87. The van der Waals surface area contributed by atoms with Gasteiger partial charge < -0.3 is 9.84 Å². The van der Waals surface area contributed by atoms with Crippen molar-refractivity contribution >= 4 is 10.8 Å². The minimum Gasteiger partial charge on any atom is -0.333 e. The lowest BCUT2D eigenvalue weighted by atomic mass is 10.00. The Balaban J connectivity index is 1.49. The van der Waals surface area contributed by atoms with E-state index in [4.69, 9.17) is 4.52 Å². The number of aromatic nitrogens is 2. The molecular formula is C21H20N3O+. The van der Waals surface area contributed by atoms with Crippen molar-refractivity contribution < 1.29 is 9.84 Å². The van der Waals surface area contributed by atoms with Crippen LogP contribution in [0.4, 0.5) is 0 Å². The summed E-state index contributed by atoms with van der Waals surface area (Å²) >= 11 is 0. The number of hydrogen-bond donors (Lipinski definition) is 1. The summed E-state index contributed by atoms with van der Waals surface area (Å²) in [6.45, 7) is 2.86. The maximum atomic E-state index is 5.40. The smallest absolute Gasteiger partial charge is 0.282 e. The second-order valence-corrected chi connectivity index (χ2v) is 6.17. The number of hydrogen-bond acceptors (Lipinski definition) is 3. The zero-order chi connectivity index (χ0) is 17.1. The van der Waals surface area contributed by atoms with Crippen LogP contribution in [-0.4, -0.2) is 10.1 Å². The lowest BCUT2D eigenvalue weighted by Crippen LogP contribution is -2.83. The quantitative estimate of drug-likeness (QED) is 0.607. The van der Waals surface area contributed by atoms with E-state index in [1.807, 2.05) is 30.3 Å². The number of rotatable bonds is 5. The van der Waals surface area contributed by atoms with Gasteiger partial charge in [0.25, 0.3) is 5.89 Å². The van der Waals surface area contributed by atoms with Crippen LogP contribution >= 0.6 is 0 Å². The summed E-state index contributed by atoms with van der Waals surface area (Å²) in [6.07, 6.45) is 0. The molecule has 0 aliphatic rings. The van der Waals surface area contributed by atoms with E-state index in [0.717, 1.165) is 5.56 Å². The van der Waals surface area contributed by atoms with Gasteiger partial charge in [0.05, 0.1) is 0 Å². The summed E-state index contributed by atoms with van der Waals surface area (Å²) < 4.78 is 5.40. The summed E-state index contributed by atoms with van der Waals surface area (Å²) in [7, 11) is 0. The van der Waals surface area contributed by atoms with Crippen LogP contribution in [0.3, 0.4) is 0 Å². The minimum absolute atomic E-state index is 0.304. The van der Waals surface area contributed by atoms with Gasteiger partial charge in [-0.25, -0.2) is 0 Å². The molecule has 0 aliphatic heterocycles. The molecule has 0 unspecified atom stereocenters. The number of nitrogens with zero attached hydrogens (tertiary/aromatic N) is 2. The highest BCUT2D eigenvalue weighted by molar-refractivity contribution is 5.85. The molecule has 2 N–H and O–H groups in total. The Morgan fingerprint density at radius 2 is 1.68 bits per heavy atom. The van der Waals surface area contributed by atoms with Gasteiger partial charge in [0, 0.05) is 11.1 Å². The molecule has 0 radical (unpaired) electrons. The van der Waals surface area contributed by atoms with Crippen LogP contribution < -0.4 is 5.32 Å². The second kappa shape index (κ2) is 6.87. The topological polar surface area (TPSA) is 55.5 Å². The Labute approximate surface area is 146 Å². The molecule has 0 aliphatic carbocycles. The third-order valence-electron chi connectivity index (χ3n) is 4.46. The van der Waals surface area contributed by atoms with Gasteiger partial charge in [-0.2, -0.15) is 4.98 Å². The summed E-state index contributed by atoms with van der Waals surface area (Å²) in [5.41, 5.74) is 2.29. The van der Waals surface area contributed by atoms with Gasteiger partial charge in [-0.05, 0) is 17.7 Å². The molecule has 0 spiro atoms. The molecule has 0 amide bonds. The largest absolute Gasteiger partial charge is 0.333 e. The first-order chi connectivity index (χ1) is 12.3. The third kappa shape index (κ3) is 3.30. The molecule has 25 heavy (non-hydrogen) atoms. The van der Waals surface area contributed by atoms with E-state index in [0.29, 0.717) is 24.3 Å². The Hall–Kier alpha value is -2.98. The molecule has 4 nitrogen and oxygen atoms in total. The molecule has 1 heterocycles. The van der Waals surface area contributed by atoms with E-state index in [2.05, 4.69) is 64.8 Å². The minimum atomic E-state index is 0.304. The molecule has 0 fully saturated rings. The van der Waals surface area contributed by atoms with Gasteiger partial charge in [-0.3, -0.25) is 0 Å². The number of benzene rings is 3. The van der Waals surface area contributed by atoms with Crippen molar-refractivity contribution in [1.82, 2.24) is 10.1 Å². The van der Waals surface area contributed by atoms with Gasteiger partial charge in [-0.1, -0.05) is 78.0 Å². The van der Waals surface area contributed by atoms with E-state index < -0.39 is 0 Å². The average Bonchev–Trinajstić information content (AvgIpc) is 3.15. The molecule has 4 aromatic rings. The van der Waals surface area contributed by atoms with E-state index in [1.54, 1.807) is 0 Å². The number of nitrogens with two attached hydrogens (primary N) is 1. The van der Waals surface area contributed by atoms with Crippen molar-refractivity contribution in [3.05, 3.63) is 84.3 Å². The summed E-state index contributed by atoms with van der Waals surface area (Å²) in [5.74, 6) is 1.28. The fourth-order valence-corrected chi connectivity index (χ4v) is 3.09. The monoisotopic (exact) mass is 330 g/mol. The number of fused-ring (bicyclic) bond motifs is 1. The van der Waals surface area contributed by atoms with Crippen molar-refractivity contribution in [3.63, 3.8) is 0 Å². The SMILES string of the molecule is C[C@@H]([NH2+]Cc1nc(-c2ccccc2)no1)c1cccc2ccccc12. The first-order valence-corrected chi connectivity index (χ1v) is 8.50. The van der Waals surface area contributed by atoms with Gasteiger partial charge >= 0.3 is 0 Å². The Morgan fingerprint density at radius 3 is 2.56 bits per heavy atom. The van der Waals surface area contributed by atoms with Gasteiger partial charge in [0.1, 0.15) is 6.04 Å². The Bertz CT molecular complexity index is 973. The Kier molecular flexibility index (Phi) is 4.27. The zero-order valence-corrected chi connectivity index (χ0v) is 14.1. The van der Waals surface area contributed by atoms with Crippen molar-refractivity contribution in [2.45, 2.75) is 19.5 Å². The van der Waals surface area contributed by atoms with Crippen molar-refractivity contribution in [1.29, 1.82) is 0 Å². The highest BCUT2D eigenvalue weighted by Crippen LogP contribution is 2.22. The fraction of sp³-hybridized carbons (Fsp3) is 0.143. The molecule has 1 atom stereocenters. The first-order valence-electron chi connectivity index (χ1n) is 8.50. The standard InChI is InChI=1S/C21H19N3O/c1-15(18-13-7-11-16-8-5-6-12-19(16)18)22-14-20-23-21(24-25-20)17-9-3-2-4-10-17/h2-13,15,22H,14H2,1H3/p+1/t15-/m1/s1. The molecule has 0 bridgehead atoms. The van der Waals surface area contributed by atoms with Crippen LogP contribution in [0.2, 0.25) is 0 Å². The van der Waals surface area contributed by atoms with Gasteiger partial charge in [0.2, 0.25) is 5.82 Å². The summed E-state index contributed by atoms with van der Waals surface area (Å²) in [6, 6.07) is 25.1. The molecule has 124 valence electrons. The average molecular weight is 330 g/mol. The van der Waals surface area contributed by atoms with Crippen molar-refractivity contribution in [2.75, 3.05) is 0 Å². The van der Waals surface area contributed by atoms with Crippen LogP contribution in [0.5, 0.6) is 0 Å². The molecule has 3 aromatic carbocycles. The predicted octanol–water partition coefficient (Wildman–Crippen LogP) is 3.71. The van der Waals surface area contributed by atoms with Crippen molar-refractivity contribution in [3.8, 4) is 11.4 Å². The van der Waals surface area contributed by atoms with Crippen LogP contribution in [0.15, 0.2) is 77.3 Å². The predicted molar refractivity (Wildman–Crippen MR) is 97.7 cm³/mol. The van der Waals surface area contributed by atoms with Crippen LogP contribution in [0, 0.1) is 0 Å².